The van der Waals surface area contributed by atoms with Gasteiger partial charge in [0, 0.05) is 6.04 Å². The first kappa shape index (κ1) is 14.2. The maximum atomic E-state index is 13.3. The Kier molecular flexibility index (Phi) is 5.13. The Hall–Kier alpha value is -0.890. The third kappa shape index (κ3) is 5.31. The largest absolute Gasteiger partial charge is 0.310 e. The van der Waals surface area contributed by atoms with Crippen LogP contribution in [0.4, 0.5) is 4.39 Å². The number of halogens is 1. The average molecular weight is 237 g/mol. The quantitative estimate of drug-likeness (QED) is 0.805. The average Bonchev–Trinajstić information content (AvgIpc) is 2.22. The molecule has 0 bridgehead atoms. The molecule has 0 aliphatic carbocycles. The molecule has 0 aliphatic rings. The van der Waals surface area contributed by atoms with Crippen molar-refractivity contribution in [1.29, 1.82) is 0 Å². The fraction of sp³-hybridized carbons (Fsp3) is 0.600. The zero-order valence-electron chi connectivity index (χ0n) is 11.4. The van der Waals surface area contributed by atoms with E-state index < -0.39 is 0 Å². The number of hydrogen-bond donors (Lipinski definition) is 1. The first-order valence-corrected chi connectivity index (χ1v) is 6.41. The molecule has 2 heteroatoms. The van der Waals surface area contributed by atoms with Crippen LogP contribution >= 0.6 is 0 Å². The molecule has 0 saturated heterocycles. The van der Waals surface area contributed by atoms with Gasteiger partial charge in [-0.3, -0.25) is 0 Å². The molecular formula is C15H24FN. The topological polar surface area (TPSA) is 12.0 Å². The summed E-state index contributed by atoms with van der Waals surface area (Å²) >= 11 is 0. The highest BCUT2D eigenvalue weighted by Crippen LogP contribution is 2.29. The molecule has 1 aromatic carbocycles. The van der Waals surface area contributed by atoms with Gasteiger partial charge in [0.05, 0.1) is 0 Å². The number of rotatable bonds is 5. The fourth-order valence-corrected chi connectivity index (χ4v) is 1.96. The van der Waals surface area contributed by atoms with Crippen LogP contribution in [-0.2, 0) is 0 Å². The third-order valence-corrected chi connectivity index (χ3v) is 2.71. The third-order valence-electron chi connectivity index (χ3n) is 2.71. The van der Waals surface area contributed by atoms with E-state index in [1.54, 1.807) is 12.1 Å². The predicted octanol–water partition coefficient (Wildman–Crippen LogP) is 4.30. The van der Waals surface area contributed by atoms with Crippen molar-refractivity contribution in [2.45, 2.75) is 46.6 Å². The highest BCUT2D eigenvalue weighted by atomic mass is 19.1. The summed E-state index contributed by atoms with van der Waals surface area (Å²) in [6, 6.07) is 7.16. The van der Waals surface area contributed by atoms with E-state index in [1.807, 2.05) is 6.07 Å². The lowest BCUT2D eigenvalue weighted by atomic mass is 9.85. The molecule has 0 spiro atoms. The maximum Gasteiger partial charge on any atom is 0.123 e. The van der Waals surface area contributed by atoms with E-state index in [-0.39, 0.29) is 17.3 Å². The van der Waals surface area contributed by atoms with E-state index in [0.717, 1.165) is 24.9 Å². The number of hydrogen-bond acceptors (Lipinski definition) is 1. The van der Waals surface area contributed by atoms with E-state index in [4.69, 9.17) is 0 Å². The summed E-state index contributed by atoms with van der Waals surface area (Å²) in [5, 5.41) is 3.50. The molecule has 1 atom stereocenters. The molecule has 1 nitrogen and oxygen atoms in total. The van der Waals surface area contributed by atoms with Gasteiger partial charge in [0.15, 0.2) is 0 Å². The van der Waals surface area contributed by atoms with Gasteiger partial charge >= 0.3 is 0 Å². The predicted molar refractivity (Wildman–Crippen MR) is 71.5 cm³/mol. The van der Waals surface area contributed by atoms with Crippen LogP contribution in [0.3, 0.4) is 0 Å². The molecule has 0 heterocycles. The summed E-state index contributed by atoms with van der Waals surface area (Å²) in [4.78, 5) is 0. The van der Waals surface area contributed by atoms with Crippen molar-refractivity contribution in [3.63, 3.8) is 0 Å². The lowest BCUT2D eigenvalue weighted by Gasteiger charge is -2.27. The minimum atomic E-state index is -0.153. The monoisotopic (exact) mass is 237 g/mol. The van der Waals surface area contributed by atoms with Gasteiger partial charge in [0.25, 0.3) is 0 Å². The van der Waals surface area contributed by atoms with Crippen molar-refractivity contribution in [3.05, 3.63) is 35.6 Å². The molecule has 1 aromatic rings. The van der Waals surface area contributed by atoms with Crippen LogP contribution in [0.15, 0.2) is 24.3 Å². The summed E-state index contributed by atoms with van der Waals surface area (Å²) < 4.78 is 13.3. The molecule has 1 unspecified atom stereocenters. The highest BCUT2D eigenvalue weighted by Gasteiger charge is 2.19. The molecule has 0 aromatic heterocycles. The Morgan fingerprint density at radius 1 is 1.29 bits per heavy atom. The van der Waals surface area contributed by atoms with Crippen LogP contribution < -0.4 is 5.32 Å². The Morgan fingerprint density at radius 3 is 2.53 bits per heavy atom. The van der Waals surface area contributed by atoms with Crippen LogP contribution in [0.5, 0.6) is 0 Å². The second kappa shape index (κ2) is 6.15. The number of benzene rings is 1. The molecule has 0 aliphatic heterocycles. The Balaban J connectivity index is 2.81. The summed E-state index contributed by atoms with van der Waals surface area (Å²) in [5.41, 5.74) is 1.28. The first-order chi connectivity index (χ1) is 7.92. The molecule has 0 saturated carbocycles. The Labute approximate surface area is 104 Å². The molecule has 17 heavy (non-hydrogen) atoms. The molecule has 1 N–H and O–H groups in total. The normalized spacial score (nSPS) is 13.7. The number of nitrogens with one attached hydrogen (secondary N) is 1. The molecule has 96 valence electrons. The molecule has 0 amide bonds. The van der Waals surface area contributed by atoms with Gasteiger partial charge in [-0.1, -0.05) is 39.8 Å². The molecule has 0 radical (unpaired) electrons. The van der Waals surface area contributed by atoms with E-state index in [2.05, 4.69) is 33.0 Å². The SMILES string of the molecule is CCCNC(CC(C)(C)C)c1cccc(F)c1. The van der Waals surface area contributed by atoms with Gasteiger partial charge in [0.2, 0.25) is 0 Å². The van der Waals surface area contributed by atoms with Gasteiger partial charge in [-0.15, -0.1) is 0 Å². The Bertz CT molecular complexity index is 341. The second-order valence-electron chi connectivity index (χ2n) is 5.83. The van der Waals surface area contributed by atoms with Crippen molar-refractivity contribution in [1.82, 2.24) is 5.32 Å². The minimum absolute atomic E-state index is 0.153. The van der Waals surface area contributed by atoms with Crippen LogP contribution in [-0.4, -0.2) is 6.54 Å². The highest BCUT2D eigenvalue weighted by molar-refractivity contribution is 5.20. The van der Waals surface area contributed by atoms with Crippen LogP contribution in [0.1, 0.15) is 52.1 Å². The molecule has 1 rings (SSSR count). The maximum absolute atomic E-state index is 13.3. The van der Waals surface area contributed by atoms with Gasteiger partial charge < -0.3 is 5.32 Å². The fourth-order valence-electron chi connectivity index (χ4n) is 1.96. The molecule has 0 fully saturated rings. The lowest BCUT2D eigenvalue weighted by molar-refractivity contribution is 0.311. The summed E-state index contributed by atoms with van der Waals surface area (Å²) in [5.74, 6) is -0.153. The summed E-state index contributed by atoms with van der Waals surface area (Å²) in [6.45, 7) is 9.76. The van der Waals surface area contributed by atoms with Crippen molar-refractivity contribution in [2.24, 2.45) is 5.41 Å². The van der Waals surface area contributed by atoms with Crippen molar-refractivity contribution in [3.8, 4) is 0 Å². The van der Waals surface area contributed by atoms with Crippen molar-refractivity contribution in [2.75, 3.05) is 6.54 Å². The van der Waals surface area contributed by atoms with Crippen molar-refractivity contribution < 1.29 is 4.39 Å². The second-order valence-corrected chi connectivity index (χ2v) is 5.83. The van der Waals surface area contributed by atoms with Crippen molar-refractivity contribution >= 4 is 0 Å². The van der Waals surface area contributed by atoms with Gasteiger partial charge in [-0.05, 0) is 42.5 Å². The minimum Gasteiger partial charge on any atom is -0.310 e. The van der Waals surface area contributed by atoms with Crippen LogP contribution in [0.25, 0.3) is 0 Å². The zero-order valence-corrected chi connectivity index (χ0v) is 11.4. The Morgan fingerprint density at radius 2 is 2.00 bits per heavy atom. The van der Waals surface area contributed by atoms with E-state index in [1.165, 1.54) is 6.07 Å². The lowest BCUT2D eigenvalue weighted by Crippen LogP contribution is -2.26. The zero-order chi connectivity index (χ0) is 12.9. The van der Waals surface area contributed by atoms with E-state index in [9.17, 15) is 4.39 Å². The van der Waals surface area contributed by atoms with Gasteiger partial charge in [-0.2, -0.15) is 0 Å². The van der Waals surface area contributed by atoms with Gasteiger partial charge in [0.1, 0.15) is 5.82 Å². The van der Waals surface area contributed by atoms with Crippen LogP contribution in [0, 0.1) is 11.2 Å². The molecular weight excluding hydrogens is 213 g/mol. The smallest absolute Gasteiger partial charge is 0.123 e. The van der Waals surface area contributed by atoms with Gasteiger partial charge in [-0.25, -0.2) is 4.39 Å². The van der Waals surface area contributed by atoms with E-state index >= 15 is 0 Å². The standard InChI is InChI=1S/C15H24FN/c1-5-9-17-14(11-15(2,3)4)12-7-6-8-13(16)10-12/h6-8,10,14,17H,5,9,11H2,1-4H3. The van der Waals surface area contributed by atoms with E-state index in [0.29, 0.717) is 0 Å². The first-order valence-electron chi connectivity index (χ1n) is 6.41. The summed E-state index contributed by atoms with van der Waals surface area (Å²) in [7, 11) is 0. The van der Waals surface area contributed by atoms with Crippen LogP contribution in [0.2, 0.25) is 0 Å². The summed E-state index contributed by atoms with van der Waals surface area (Å²) in [6.07, 6.45) is 2.10.